The quantitative estimate of drug-likeness (QED) is 0.864. The smallest absolute Gasteiger partial charge is 0.372 e. The second kappa shape index (κ2) is 7.23. The van der Waals surface area contributed by atoms with Crippen LogP contribution in [0.2, 0.25) is 0 Å². The van der Waals surface area contributed by atoms with Gasteiger partial charge in [-0.05, 0) is 39.0 Å². The Labute approximate surface area is 148 Å². The normalized spacial score (nSPS) is 11.5. The Balaban J connectivity index is 2.43. The summed E-state index contributed by atoms with van der Waals surface area (Å²) < 4.78 is 38.5. The summed E-state index contributed by atoms with van der Waals surface area (Å²) in [7, 11) is 1.81. The van der Waals surface area contributed by atoms with Crippen molar-refractivity contribution in [1.82, 2.24) is 4.98 Å². The summed E-state index contributed by atoms with van der Waals surface area (Å²) in [5.41, 5.74) is -0.600. The summed E-state index contributed by atoms with van der Waals surface area (Å²) in [6.45, 7) is 5.69. The first kappa shape index (κ1) is 19.6. The van der Waals surface area contributed by atoms with Crippen LogP contribution >= 0.6 is 0 Å². The monoisotopic (exact) mass is 367 g/mol. The second-order valence-corrected chi connectivity index (χ2v) is 6.31. The predicted octanol–water partition coefficient (Wildman–Crippen LogP) is 3.80. The average molecular weight is 367 g/mol. The molecule has 2 N–H and O–H groups in total. The van der Waals surface area contributed by atoms with Gasteiger partial charge in [0.1, 0.15) is 5.69 Å². The topological polar surface area (TPSA) is 65.2 Å². The van der Waals surface area contributed by atoms with Crippen LogP contribution in [0, 0.1) is 6.92 Å². The molecule has 2 aromatic rings. The summed E-state index contributed by atoms with van der Waals surface area (Å²) in [6.07, 6.45) is -4.06. The number of pyridine rings is 1. The average Bonchev–Trinajstić information content (AvgIpc) is 2.54. The third kappa shape index (κ3) is 4.25. The van der Waals surface area contributed by atoms with Crippen molar-refractivity contribution in [1.29, 1.82) is 0 Å². The van der Waals surface area contributed by atoms with Crippen LogP contribution in [0.3, 0.4) is 0 Å². The van der Waals surface area contributed by atoms with E-state index in [1.54, 1.807) is 19.1 Å². The van der Waals surface area contributed by atoms with Crippen molar-refractivity contribution >= 4 is 17.3 Å². The fourth-order valence-corrected chi connectivity index (χ4v) is 2.35. The van der Waals surface area contributed by atoms with Gasteiger partial charge in [-0.2, -0.15) is 13.2 Å². The molecule has 0 fully saturated rings. The van der Waals surface area contributed by atoms with Gasteiger partial charge in [0.05, 0.1) is 11.1 Å². The van der Waals surface area contributed by atoms with E-state index in [4.69, 9.17) is 0 Å². The first-order valence-electron chi connectivity index (χ1n) is 7.95. The molecule has 0 saturated carbocycles. The lowest BCUT2D eigenvalue weighted by Crippen LogP contribution is -2.29. The van der Waals surface area contributed by atoms with Crippen LogP contribution in [0.5, 0.6) is 0 Å². The first-order valence-corrected chi connectivity index (χ1v) is 7.95. The fraction of sp³-hybridized carbons (Fsp3) is 0.333. The van der Waals surface area contributed by atoms with Crippen molar-refractivity contribution in [2.24, 2.45) is 0 Å². The molecule has 0 bridgehead atoms. The van der Waals surface area contributed by atoms with E-state index in [-0.39, 0.29) is 11.6 Å². The molecule has 0 atom stereocenters. The minimum atomic E-state index is -4.63. The Morgan fingerprint density at radius 3 is 2.46 bits per heavy atom. The minimum absolute atomic E-state index is 0.0983. The number of aromatic nitrogens is 1. The molecule has 0 aliphatic heterocycles. The number of rotatable bonds is 4. The highest BCUT2D eigenvalue weighted by Crippen LogP contribution is 2.29. The molecule has 0 saturated heterocycles. The highest BCUT2D eigenvalue weighted by atomic mass is 19.4. The van der Waals surface area contributed by atoms with Crippen LogP contribution in [-0.4, -0.2) is 24.0 Å². The Kier molecular flexibility index (Phi) is 5.44. The largest absolute Gasteiger partial charge is 0.417 e. The van der Waals surface area contributed by atoms with Crippen molar-refractivity contribution in [3.8, 4) is 0 Å². The van der Waals surface area contributed by atoms with Gasteiger partial charge >= 0.3 is 6.18 Å². The lowest BCUT2D eigenvalue weighted by atomic mass is 10.1. The molecule has 2 rings (SSSR count). The lowest BCUT2D eigenvalue weighted by molar-refractivity contribution is -0.137. The molecule has 0 radical (unpaired) electrons. The summed E-state index contributed by atoms with van der Waals surface area (Å²) in [4.78, 5) is 28.3. The zero-order valence-electron chi connectivity index (χ0n) is 14.9. The van der Waals surface area contributed by atoms with Crippen molar-refractivity contribution in [2.45, 2.75) is 33.0 Å². The number of halogens is 3. The third-order valence-corrected chi connectivity index (χ3v) is 4.03. The number of hydrogen-bond acceptors (Lipinski definition) is 3. The summed E-state index contributed by atoms with van der Waals surface area (Å²) in [5.74, 6) is -0.652. The Morgan fingerprint density at radius 1 is 1.23 bits per heavy atom. The number of benzene rings is 1. The van der Waals surface area contributed by atoms with Gasteiger partial charge in [0.25, 0.3) is 11.5 Å². The highest BCUT2D eigenvalue weighted by molar-refractivity contribution is 6.08. The Hall–Kier alpha value is -2.77. The lowest BCUT2D eigenvalue weighted by Gasteiger charge is -2.26. The minimum Gasteiger partial charge on any atom is -0.372 e. The molecule has 0 aliphatic rings. The predicted molar refractivity (Wildman–Crippen MR) is 94.7 cm³/mol. The molecule has 1 amide bonds. The fourth-order valence-electron chi connectivity index (χ4n) is 2.35. The standard InChI is InChI=1S/C18H20F3N3O2/c1-10(2)24(4)15-6-5-11(3)7-13(15)16(25)23-14-8-12(18(19,20)21)9-22-17(14)26/h5-10H,1-4H3,(H,22,26)(H,23,25). The Morgan fingerprint density at radius 2 is 1.88 bits per heavy atom. The van der Waals surface area contributed by atoms with Gasteiger partial charge in [0.15, 0.2) is 0 Å². The van der Waals surface area contributed by atoms with E-state index in [0.29, 0.717) is 18.0 Å². The number of anilines is 2. The molecule has 5 nitrogen and oxygen atoms in total. The van der Waals surface area contributed by atoms with Crippen LogP contribution < -0.4 is 15.8 Å². The maximum Gasteiger partial charge on any atom is 0.417 e. The van der Waals surface area contributed by atoms with Crippen molar-refractivity contribution in [3.05, 3.63) is 57.5 Å². The van der Waals surface area contributed by atoms with E-state index in [2.05, 4.69) is 5.32 Å². The second-order valence-electron chi connectivity index (χ2n) is 6.31. The summed E-state index contributed by atoms with van der Waals surface area (Å²) >= 11 is 0. The SMILES string of the molecule is Cc1ccc(N(C)C(C)C)c(C(=O)Nc2cc(C(F)(F)F)c[nH]c2=O)c1. The first-order chi connectivity index (χ1) is 12.0. The molecule has 8 heteroatoms. The van der Waals surface area contributed by atoms with Gasteiger partial charge in [0.2, 0.25) is 0 Å². The van der Waals surface area contributed by atoms with E-state index in [0.717, 1.165) is 5.56 Å². The number of aromatic amines is 1. The molecule has 1 heterocycles. The number of nitrogens with one attached hydrogen (secondary N) is 2. The van der Waals surface area contributed by atoms with Gasteiger partial charge in [-0.25, -0.2) is 0 Å². The van der Waals surface area contributed by atoms with Crippen molar-refractivity contribution in [3.63, 3.8) is 0 Å². The number of aryl methyl sites for hydroxylation is 1. The van der Waals surface area contributed by atoms with E-state index >= 15 is 0 Å². The number of H-pyrrole nitrogens is 1. The molecular formula is C18H20F3N3O2. The molecular weight excluding hydrogens is 347 g/mol. The van der Waals surface area contributed by atoms with Gasteiger partial charge < -0.3 is 15.2 Å². The van der Waals surface area contributed by atoms with E-state index in [1.165, 1.54) is 0 Å². The molecule has 1 aromatic carbocycles. The molecule has 0 aliphatic carbocycles. The molecule has 0 unspecified atom stereocenters. The van der Waals surface area contributed by atoms with Crippen LogP contribution in [0.4, 0.5) is 24.5 Å². The van der Waals surface area contributed by atoms with Gasteiger partial charge in [-0.1, -0.05) is 11.6 Å². The summed E-state index contributed by atoms with van der Waals surface area (Å²) in [6, 6.07) is 5.95. The zero-order chi connectivity index (χ0) is 19.6. The number of amides is 1. The molecule has 26 heavy (non-hydrogen) atoms. The Bertz CT molecular complexity index is 873. The van der Waals surface area contributed by atoms with Crippen LogP contribution in [0.25, 0.3) is 0 Å². The van der Waals surface area contributed by atoms with E-state index < -0.39 is 28.9 Å². The molecule has 140 valence electrons. The van der Waals surface area contributed by atoms with Crippen molar-refractivity contribution < 1.29 is 18.0 Å². The number of carbonyl (C=O) groups is 1. The number of carbonyl (C=O) groups excluding carboxylic acids is 1. The zero-order valence-corrected chi connectivity index (χ0v) is 14.9. The summed E-state index contributed by atoms with van der Waals surface area (Å²) in [5, 5.41) is 2.29. The van der Waals surface area contributed by atoms with Gasteiger partial charge in [-0.15, -0.1) is 0 Å². The van der Waals surface area contributed by atoms with Crippen LogP contribution in [0.1, 0.15) is 35.3 Å². The van der Waals surface area contributed by atoms with Gasteiger partial charge in [0, 0.05) is 25.0 Å². The van der Waals surface area contributed by atoms with E-state index in [9.17, 15) is 22.8 Å². The van der Waals surface area contributed by atoms with Gasteiger partial charge in [-0.3, -0.25) is 9.59 Å². The van der Waals surface area contributed by atoms with Crippen molar-refractivity contribution in [2.75, 3.05) is 17.3 Å². The third-order valence-electron chi connectivity index (χ3n) is 4.03. The molecule has 1 aromatic heterocycles. The maximum atomic E-state index is 12.8. The highest BCUT2D eigenvalue weighted by Gasteiger charge is 2.31. The van der Waals surface area contributed by atoms with E-state index in [1.807, 2.05) is 36.8 Å². The molecule has 0 spiro atoms. The number of nitrogens with zero attached hydrogens (tertiary/aromatic N) is 1. The number of alkyl halides is 3. The number of hydrogen-bond donors (Lipinski definition) is 2. The van der Waals surface area contributed by atoms with Crippen LogP contribution in [0.15, 0.2) is 35.3 Å². The van der Waals surface area contributed by atoms with Crippen LogP contribution in [-0.2, 0) is 6.18 Å². The maximum absolute atomic E-state index is 12.8.